The zero-order valence-corrected chi connectivity index (χ0v) is 10.9. The second kappa shape index (κ2) is 2.98. The third kappa shape index (κ3) is 133. The fourth-order valence-corrected chi connectivity index (χ4v) is 0. The van der Waals surface area contributed by atoms with E-state index in [1.54, 1.807) is 0 Å². The fraction of sp³-hybridized carbons (Fsp3) is 0. The second-order valence-electron chi connectivity index (χ2n) is 0.714. The summed E-state index contributed by atoms with van der Waals surface area (Å²) in [5.41, 5.74) is 0. The Kier molecular flexibility index (Phi) is 5.77. The van der Waals surface area contributed by atoms with Gasteiger partial charge in [0.1, 0.15) is 0 Å². The van der Waals surface area contributed by atoms with Crippen LogP contribution >= 0.6 is 57.5 Å². The maximum atomic E-state index is 5.06. The van der Waals surface area contributed by atoms with Crippen molar-refractivity contribution in [3.63, 3.8) is 0 Å². The summed E-state index contributed by atoms with van der Waals surface area (Å²) in [6.45, 7) is -5.33. The van der Waals surface area contributed by atoms with Crippen molar-refractivity contribution in [1.29, 1.82) is 0 Å². The molecule has 0 rings (SSSR count). The third-order valence-corrected chi connectivity index (χ3v) is 0. The van der Waals surface area contributed by atoms with Crippen LogP contribution in [0.4, 0.5) is 0 Å². The molecule has 0 aromatic rings. The van der Waals surface area contributed by atoms with Crippen molar-refractivity contribution in [3.05, 3.63) is 0 Å². The van der Waals surface area contributed by atoms with Gasteiger partial charge in [-0.1, -0.05) is 0 Å². The summed E-state index contributed by atoms with van der Waals surface area (Å²) >= 11 is 0. The van der Waals surface area contributed by atoms with Crippen molar-refractivity contribution in [2.45, 2.75) is 0 Å². The molecule has 0 heterocycles. The van der Waals surface area contributed by atoms with Crippen LogP contribution in [-0.2, 0) is 6.81 Å². The van der Waals surface area contributed by atoms with Crippen LogP contribution < -0.4 is 12.3 Å². The average molecular weight is 439 g/mol. The predicted molar refractivity (Wildman–Crippen MR) is 45.2 cm³/mol. The molecule has 0 bridgehead atoms. The first-order chi connectivity index (χ1) is 2.45. The molecule has 6 N–H and O–H groups in total. The number of halogens is 6. The molecule has 0 fully saturated rings. The molecule has 0 aliphatic rings. The van der Waals surface area contributed by atoms with Gasteiger partial charge in [0, 0.05) is 0 Å². The molecule has 0 spiro atoms. The molecule has 0 aromatic carbocycles. The summed E-state index contributed by atoms with van der Waals surface area (Å²) in [4.78, 5) is 0. The molecule has 0 unspecified atom stereocenters. The Bertz CT molecular complexity index is 69.6. The molecule has 0 saturated carbocycles. The van der Waals surface area contributed by atoms with E-state index >= 15 is 0 Å². The van der Waals surface area contributed by atoms with Crippen LogP contribution in [0.25, 0.3) is 0 Å². The van der Waals surface area contributed by atoms with Gasteiger partial charge in [-0.25, -0.2) is 0 Å². The summed E-state index contributed by atoms with van der Waals surface area (Å²) in [5.74, 6) is 0. The fourth-order valence-electron chi connectivity index (χ4n) is 0. The van der Waals surface area contributed by atoms with E-state index in [4.69, 9.17) is 57.5 Å². The van der Waals surface area contributed by atoms with Gasteiger partial charge in [-0.05, 0) is 0 Å². The molecular weight excluding hydrogens is 433 g/mol. The second-order valence-corrected chi connectivity index (χ2v) is 52.6. The Hall–Kier alpha value is 2.31. The van der Waals surface area contributed by atoms with Crippen LogP contribution in [0.3, 0.4) is 0 Å². The molecule has 0 aliphatic carbocycles. The van der Waals surface area contributed by atoms with Gasteiger partial charge >= 0.3 is 64.3 Å². The summed E-state index contributed by atoms with van der Waals surface area (Å²) in [6, 6.07) is 0. The van der Waals surface area contributed by atoms with Gasteiger partial charge in [0.2, 0.25) is 0 Å². The molecule has 0 radical (unpaired) electrons. The van der Waals surface area contributed by atoms with E-state index in [2.05, 4.69) is 0 Å². The maximum absolute atomic E-state index is 5.33. The topological polar surface area (TPSA) is 70.0 Å². The Labute approximate surface area is 75.8 Å². The Morgan fingerprint density at radius 2 is 0.556 bits per heavy atom. The van der Waals surface area contributed by atoms with Crippen LogP contribution in [0.2, 0.25) is 0 Å². The van der Waals surface area contributed by atoms with E-state index < -0.39 is 6.81 Å². The van der Waals surface area contributed by atoms with Crippen molar-refractivity contribution < 1.29 is 6.81 Å². The summed E-state index contributed by atoms with van der Waals surface area (Å²) in [6.07, 6.45) is 0. The van der Waals surface area contributed by atoms with E-state index in [1.807, 2.05) is 0 Å². The molecule has 0 aliphatic heterocycles. The minimum absolute atomic E-state index is 0. The molecule has 0 amide bonds. The van der Waals surface area contributed by atoms with Gasteiger partial charge in [0.25, 0.3) is 0 Å². The molecule has 0 saturated heterocycles. The van der Waals surface area contributed by atoms with Crippen molar-refractivity contribution in [1.82, 2.24) is 12.3 Å². The summed E-state index contributed by atoms with van der Waals surface area (Å²) < 4.78 is 0. The first-order valence-corrected chi connectivity index (χ1v) is 18.6. The van der Waals surface area contributed by atoms with E-state index in [9.17, 15) is 0 Å². The van der Waals surface area contributed by atoms with E-state index in [0.29, 0.717) is 0 Å². The summed E-state index contributed by atoms with van der Waals surface area (Å²) in [7, 11) is 30.3. The molecular formula is H6Cl6IrN2. The summed E-state index contributed by atoms with van der Waals surface area (Å²) in [5, 5.41) is 0. The average Bonchev–Trinajstić information content (AvgIpc) is 0.592. The molecule has 0 atom stereocenters. The molecule has 2 nitrogen and oxygen atoms in total. The Balaban J connectivity index is -0.000000180. The van der Waals surface area contributed by atoms with E-state index in [-0.39, 0.29) is 12.3 Å². The Morgan fingerprint density at radius 3 is 0.556 bits per heavy atom. The quantitative estimate of drug-likeness (QED) is 0.586. The van der Waals surface area contributed by atoms with E-state index in [1.165, 1.54) is 0 Å². The van der Waals surface area contributed by atoms with Crippen molar-refractivity contribution in [2.75, 3.05) is 0 Å². The first-order valence-electron chi connectivity index (χ1n) is 0.756. The monoisotopic (exact) mass is 437 g/mol. The normalized spacial score (nSPS) is 18.0. The SMILES string of the molecule is N.N.[Cl][Ir]([Cl])([Cl])([Cl])([Cl])[Cl]. The zero-order valence-electron chi connectivity index (χ0n) is 4.02. The molecule has 67 valence electrons. The van der Waals surface area contributed by atoms with Crippen LogP contribution in [0, 0.1) is 0 Å². The van der Waals surface area contributed by atoms with E-state index in [0.717, 1.165) is 0 Å². The van der Waals surface area contributed by atoms with Crippen molar-refractivity contribution in [2.24, 2.45) is 0 Å². The zero-order chi connectivity index (χ0) is 6.41. The number of hydrogen-bond donors (Lipinski definition) is 2. The van der Waals surface area contributed by atoms with Gasteiger partial charge in [-0.3, -0.25) is 0 Å². The van der Waals surface area contributed by atoms with Crippen molar-refractivity contribution in [3.8, 4) is 0 Å². The van der Waals surface area contributed by atoms with Crippen molar-refractivity contribution >= 4 is 57.5 Å². The van der Waals surface area contributed by atoms with Crippen LogP contribution in [-0.4, -0.2) is 0 Å². The number of rotatable bonds is 0. The van der Waals surface area contributed by atoms with Crippen LogP contribution in [0.15, 0.2) is 0 Å². The molecule has 0 aromatic heterocycles. The van der Waals surface area contributed by atoms with Crippen LogP contribution in [0.1, 0.15) is 0 Å². The minimum atomic E-state index is -5.33. The Morgan fingerprint density at radius 1 is 0.556 bits per heavy atom. The molecule has 9 heteroatoms. The van der Waals surface area contributed by atoms with Gasteiger partial charge in [0.15, 0.2) is 0 Å². The predicted octanol–water partition coefficient (Wildman–Crippen LogP) is 4.46. The third-order valence-electron chi connectivity index (χ3n) is 0. The first kappa shape index (κ1) is 17.4. The number of hydrogen-bond acceptors (Lipinski definition) is 2. The van der Waals surface area contributed by atoms with Crippen LogP contribution in [0.5, 0.6) is 0 Å². The standard InChI is InChI=1S/6ClH.Ir.2H3N/h6*1H;;2*1H3/q;;;;;;+6;;/p-6. The van der Waals surface area contributed by atoms with Gasteiger partial charge in [0.05, 0.1) is 0 Å². The molecule has 9 heavy (non-hydrogen) atoms. The van der Waals surface area contributed by atoms with Gasteiger partial charge < -0.3 is 12.3 Å². The van der Waals surface area contributed by atoms with Gasteiger partial charge in [-0.2, -0.15) is 0 Å². The van der Waals surface area contributed by atoms with Gasteiger partial charge in [-0.15, -0.1) is 0 Å².